The summed E-state index contributed by atoms with van der Waals surface area (Å²) in [6.07, 6.45) is 1.83. The maximum absolute atomic E-state index is 6.25. The summed E-state index contributed by atoms with van der Waals surface area (Å²) in [5.41, 5.74) is 1.19. The Morgan fingerprint density at radius 3 is 2.52 bits per heavy atom. The molecular weight excluding hydrogens is 310 g/mol. The Labute approximate surface area is 142 Å². The monoisotopic (exact) mass is 331 g/mol. The molecule has 0 atom stereocenters. The molecule has 0 radical (unpaired) electrons. The minimum absolute atomic E-state index is 0.814. The first kappa shape index (κ1) is 16.0. The molecule has 3 rings (SSSR count). The Morgan fingerprint density at radius 2 is 1.83 bits per heavy atom. The van der Waals surface area contributed by atoms with E-state index in [0.717, 1.165) is 49.5 Å². The molecule has 1 aromatic heterocycles. The highest BCUT2D eigenvalue weighted by Crippen LogP contribution is 2.19. The van der Waals surface area contributed by atoms with Crippen molar-refractivity contribution in [1.82, 2.24) is 14.9 Å². The van der Waals surface area contributed by atoms with Crippen LogP contribution in [0, 0.1) is 0 Å². The van der Waals surface area contributed by atoms with Gasteiger partial charge in [0.25, 0.3) is 0 Å². The van der Waals surface area contributed by atoms with E-state index in [-0.39, 0.29) is 0 Å². The van der Waals surface area contributed by atoms with Crippen LogP contribution < -0.4 is 9.80 Å². The van der Waals surface area contributed by atoms with Gasteiger partial charge in [-0.15, -0.1) is 0 Å². The maximum Gasteiger partial charge on any atom is 0.227 e. The number of hydrogen-bond donors (Lipinski definition) is 0. The van der Waals surface area contributed by atoms with Gasteiger partial charge >= 0.3 is 0 Å². The van der Waals surface area contributed by atoms with Crippen molar-refractivity contribution in [3.05, 3.63) is 47.1 Å². The van der Waals surface area contributed by atoms with E-state index in [2.05, 4.69) is 25.8 Å². The van der Waals surface area contributed by atoms with E-state index in [9.17, 15) is 0 Å². The van der Waals surface area contributed by atoms with Crippen LogP contribution in [0.3, 0.4) is 0 Å². The number of aromatic nitrogens is 2. The zero-order valence-corrected chi connectivity index (χ0v) is 14.4. The van der Waals surface area contributed by atoms with Crippen LogP contribution in [-0.4, -0.2) is 55.1 Å². The molecule has 0 bridgehead atoms. The van der Waals surface area contributed by atoms with Gasteiger partial charge in [-0.05, 0) is 17.7 Å². The SMILES string of the molecule is CN(C)c1ccnc(N2CCN(Cc3ccccc3Cl)CC2)n1. The van der Waals surface area contributed by atoms with E-state index in [1.54, 1.807) is 0 Å². The largest absolute Gasteiger partial charge is 0.363 e. The normalized spacial score (nSPS) is 15.7. The van der Waals surface area contributed by atoms with E-state index in [4.69, 9.17) is 11.6 Å². The van der Waals surface area contributed by atoms with E-state index in [1.807, 2.05) is 49.5 Å². The third-order valence-corrected chi connectivity index (χ3v) is 4.46. The second-order valence-corrected chi connectivity index (χ2v) is 6.37. The zero-order chi connectivity index (χ0) is 16.2. The lowest BCUT2D eigenvalue weighted by atomic mass is 10.2. The lowest BCUT2D eigenvalue weighted by Crippen LogP contribution is -2.46. The average Bonchev–Trinajstić information content (AvgIpc) is 2.58. The molecule has 2 heterocycles. The molecule has 0 aliphatic carbocycles. The topological polar surface area (TPSA) is 35.5 Å². The van der Waals surface area contributed by atoms with E-state index < -0.39 is 0 Å². The summed E-state index contributed by atoms with van der Waals surface area (Å²) in [6.45, 7) is 4.73. The fourth-order valence-electron chi connectivity index (χ4n) is 2.71. The Kier molecular flexibility index (Phi) is 4.98. The third-order valence-electron chi connectivity index (χ3n) is 4.09. The van der Waals surface area contributed by atoms with Crippen LogP contribution in [0.5, 0.6) is 0 Å². The molecule has 1 saturated heterocycles. The number of benzene rings is 1. The average molecular weight is 332 g/mol. The van der Waals surface area contributed by atoms with Crippen molar-refractivity contribution >= 4 is 23.4 Å². The molecule has 1 fully saturated rings. The lowest BCUT2D eigenvalue weighted by Gasteiger charge is -2.35. The number of halogens is 1. The van der Waals surface area contributed by atoms with Crippen LogP contribution in [0.4, 0.5) is 11.8 Å². The number of nitrogens with zero attached hydrogens (tertiary/aromatic N) is 5. The highest BCUT2D eigenvalue weighted by molar-refractivity contribution is 6.31. The van der Waals surface area contributed by atoms with Gasteiger partial charge in [0.15, 0.2) is 0 Å². The van der Waals surface area contributed by atoms with Gasteiger partial charge in [0.2, 0.25) is 5.95 Å². The molecular formula is C17H22ClN5. The lowest BCUT2D eigenvalue weighted by molar-refractivity contribution is 0.249. The van der Waals surface area contributed by atoms with Crippen molar-refractivity contribution in [2.24, 2.45) is 0 Å². The van der Waals surface area contributed by atoms with Crippen molar-refractivity contribution in [3.63, 3.8) is 0 Å². The van der Waals surface area contributed by atoms with Gasteiger partial charge in [0, 0.05) is 58.0 Å². The summed E-state index contributed by atoms with van der Waals surface area (Å²) >= 11 is 6.25. The predicted octanol–water partition coefficient (Wildman–Crippen LogP) is 2.52. The Balaban J connectivity index is 1.60. The van der Waals surface area contributed by atoms with Gasteiger partial charge in [-0.3, -0.25) is 4.90 Å². The van der Waals surface area contributed by atoms with Gasteiger partial charge in [-0.1, -0.05) is 29.8 Å². The molecule has 23 heavy (non-hydrogen) atoms. The standard InChI is InChI=1S/C17H22ClN5/c1-21(2)16-7-8-19-17(20-16)23-11-9-22(10-12-23)13-14-5-3-4-6-15(14)18/h3-8H,9-13H2,1-2H3. The van der Waals surface area contributed by atoms with Crippen LogP contribution in [0.1, 0.15) is 5.56 Å². The van der Waals surface area contributed by atoms with Gasteiger partial charge < -0.3 is 9.80 Å². The van der Waals surface area contributed by atoms with E-state index in [0.29, 0.717) is 0 Å². The predicted molar refractivity (Wildman–Crippen MR) is 95.3 cm³/mol. The molecule has 0 N–H and O–H groups in total. The summed E-state index contributed by atoms with van der Waals surface area (Å²) in [4.78, 5) is 15.7. The van der Waals surface area contributed by atoms with Gasteiger partial charge in [0.1, 0.15) is 5.82 Å². The van der Waals surface area contributed by atoms with Crippen LogP contribution in [0.2, 0.25) is 5.02 Å². The quantitative estimate of drug-likeness (QED) is 0.860. The molecule has 1 aromatic carbocycles. The molecule has 1 aliphatic heterocycles. The molecule has 0 saturated carbocycles. The Bertz CT molecular complexity index is 653. The van der Waals surface area contributed by atoms with Crippen LogP contribution in [0.25, 0.3) is 0 Å². The third kappa shape index (κ3) is 3.92. The van der Waals surface area contributed by atoms with E-state index in [1.165, 1.54) is 5.56 Å². The molecule has 5 nitrogen and oxygen atoms in total. The summed E-state index contributed by atoms with van der Waals surface area (Å²) in [7, 11) is 3.99. The molecule has 6 heteroatoms. The van der Waals surface area contributed by atoms with Crippen molar-refractivity contribution in [2.75, 3.05) is 50.1 Å². The van der Waals surface area contributed by atoms with Crippen molar-refractivity contribution in [3.8, 4) is 0 Å². The van der Waals surface area contributed by atoms with Gasteiger partial charge in [0.05, 0.1) is 0 Å². The number of piperazine rings is 1. The minimum Gasteiger partial charge on any atom is -0.363 e. The summed E-state index contributed by atoms with van der Waals surface area (Å²) in [5.74, 6) is 1.75. The highest BCUT2D eigenvalue weighted by atomic mass is 35.5. The fourth-order valence-corrected chi connectivity index (χ4v) is 2.91. The van der Waals surface area contributed by atoms with Crippen molar-refractivity contribution in [1.29, 1.82) is 0 Å². The maximum atomic E-state index is 6.25. The highest BCUT2D eigenvalue weighted by Gasteiger charge is 2.20. The van der Waals surface area contributed by atoms with Crippen LogP contribution >= 0.6 is 11.6 Å². The second kappa shape index (κ2) is 7.15. The summed E-state index contributed by atoms with van der Waals surface area (Å²) in [5, 5.41) is 0.844. The first-order valence-electron chi connectivity index (χ1n) is 7.84. The Hall–Kier alpha value is -1.85. The zero-order valence-electron chi connectivity index (χ0n) is 13.6. The summed E-state index contributed by atoms with van der Waals surface area (Å²) < 4.78 is 0. The van der Waals surface area contributed by atoms with Crippen LogP contribution in [0.15, 0.2) is 36.5 Å². The fraction of sp³-hybridized carbons (Fsp3) is 0.412. The molecule has 0 spiro atoms. The number of anilines is 2. The molecule has 0 unspecified atom stereocenters. The number of rotatable bonds is 4. The van der Waals surface area contributed by atoms with Gasteiger partial charge in [-0.2, -0.15) is 4.98 Å². The van der Waals surface area contributed by atoms with E-state index >= 15 is 0 Å². The first-order valence-corrected chi connectivity index (χ1v) is 8.22. The number of hydrogen-bond acceptors (Lipinski definition) is 5. The van der Waals surface area contributed by atoms with Crippen molar-refractivity contribution < 1.29 is 0 Å². The molecule has 2 aromatic rings. The van der Waals surface area contributed by atoms with Crippen LogP contribution in [-0.2, 0) is 6.54 Å². The van der Waals surface area contributed by atoms with Gasteiger partial charge in [-0.25, -0.2) is 4.98 Å². The van der Waals surface area contributed by atoms with Crippen molar-refractivity contribution in [2.45, 2.75) is 6.54 Å². The molecule has 0 amide bonds. The smallest absolute Gasteiger partial charge is 0.227 e. The summed E-state index contributed by atoms with van der Waals surface area (Å²) in [6, 6.07) is 9.99. The molecule has 122 valence electrons. The Morgan fingerprint density at radius 1 is 1.09 bits per heavy atom. The first-order chi connectivity index (χ1) is 11.1. The second-order valence-electron chi connectivity index (χ2n) is 5.96. The molecule has 1 aliphatic rings. The minimum atomic E-state index is 0.814.